The van der Waals surface area contributed by atoms with Gasteiger partial charge in [0.2, 0.25) is 5.91 Å². The van der Waals surface area contributed by atoms with E-state index in [1.54, 1.807) is 6.08 Å². The molecule has 0 saturated carbocycles. The predicted octanol–water partition coefficient (Wildman–Crippen LogP) is 15.3. The van der Waals surface area contributed by atoms with E-state index in [-0.39, 0.29) is 18.5 Å². The molecule has 0 aliphatic rings. The molecule has 0 bridgehead atoms. The highest BCUT2D eigenvalue weighted by atomic mass is 16.5. The van der Waals surface area contributed by atoms with Gasteiger partial charge in [0.25, 0.3) is 0 Å². The molecule has 6 nitrogen and oxygen atoms in total. The molecule has 0 fully saturated rings. The molecular weight excluding hydrogens is 731 g/mol. The smallest absolute Gasteiger partial charge is 0.305 e. The van der Waals surface area contributed by atoms with Crippen molar-refractivity contribution in [3.05, 3.63) is 36.5 Å². The van der Waals surface area contributed by atoms with Gasteiger partial charge in [-0.2, -0.15) is 0 Å². The number of ether oxygens (including phenoxy) is 1. The van der Waals surface area contributed by atoms with Crippen LogP contribution in [-0.2, 0) is 14.3 Å². The van der Waals surface area contributed by atoms with Crippen LogP contribution in [0.2, 0.25) is 0 Å². The lowest BCUT2D eigenvalue weighted by Gasteiger charge is -2.20. The lowest BCUT2D eigenvalue weighted by molar-refractivity contribution is -0.143. The Labute approximate surface area is 366 Å². The molecule has 0 aliphatic heterocycles. The zero-order valence-corrected chi connectivity index (χ0v) is 39.2. The van der Waals surface area contributed by atoms with Crippen LogP contribution in [0.15, 0.2) is 36.5 Å². The summed E-state index contributed by atoms with van der Waals surface area (Å²) in [5.74, 6) is -0.0983. The molecule has 2 unspecified atom stereocenters. The molecule has 59 heavy (non-hydrogen) atoms. The Bertz CT molecular complexity index is 962. The van der Waals surface area contributed by atoms with Gasteiger partial charge < -0.3 is 20.3 Å². The van der Waals surface area contributed by atoms with E-state index in [0.29, 0.717) is 19.4 Å². The number of hydrogen-bond acceptors (Lipinski definition) is 5. The first-order valence-electron chi connectivity index (χ1n) is 25.8. The minimum absolute atomic E-state index is 0.0150. The minimum atomic E-state index is -0.852. The molecule has 0 radical (unpaired) electrons. The second kappa shape index (κ2) is 48.7. The highest BCUT2D eigenvalue weighted by Crippen LogP contribution is 2.15. The van der Waals surface area contributed by atoms with E-state index in [4.69, 9.17) is 4.74 Å². The van der Waals surface area contributed by atoms with E-state index < -0.39 is 12.1 Å². The van der Waals surface area contributed by atoms with Crippen LogP contribution in [0, 0.1) is 0 Å². The second-order valence-corrected chi connectivity index (χ2v) is 17.5. The molecular formula is C53H99NO5. The van der Waals surface area contributed by atoms with Crippen molar-refractivity contribution >= 4 is 11.9 Å². The van der Waals surface area contributed by atoms with E-state index in [9.17, 15) is 19.8 Å². The molecule has 3 N–H and O–H groups in total. The molecule has 0 aromatic rings. The Balaban J connectivity index is 3.46. The van der Waals surface area contributed by atoms with Gasteiger partial charge in [0, 0.05) is 12.8 Å². The normalized spacial score (nSPS) is 12.9. The summed E-state index contributed by atoms with van der Waals surface area (Å²) in [6.45, 7) is 4.83. The van der Waals surface area contributed by atoms with Crippen molar-refractivity contribution in [2.45, 2.75) is 276 Å². The Kier molecular flexibility index (Phi) is 47.2. The van der Waals surface area contributed by atoms with Crippen LogP contribution < -0.4 is 5.32 Å². The summed E-state index contributed by atoms with van der Waals surface area (Å²) in [7, 11) is 0. The van der Waals surface area contributed by atoms with Crippen molar-refractivity contribution < 1.29 is 24.5 Å². The Morgan fingerprint density at radius 2 is 0.847 bits per heavy atom. The van der Waals surface area contributed by atoms with Crippen molar-refractivity contribution in [2.24, 2.45) is 0 Å². The number of rotatable bonds is 47. The summed E-state index contributed by atoms with van der Waals surface area (Å²) in [5.41, 5.74) is 0. The van der Waals surface area contributed by atoms with Gasteiger partial charge in [-0.25, -0.2) is 0 Å². The van der Waals surface area contributed by atoms with Crippen molar-refractivity contribution in [1.82, 2.24) is 5.32 Å². The van der Waals surface area contributed by atoms with Crippen molar-refractivity contribution in [2.75, 3.05) is 13.2 Å². The number of nitrogens with one attached hydrogen (secondary N) is 1. The lowest BCUT2D eigenvalue weighted by Crippen LogP contribution is -2.45. The van der Waals surface area contributed by atoms with Crippen molar-refractivity contribution in [3.8, 4) is 0 Å². The predicted molar refractivity (Wildman–Crippen MR) is 255 cm³/mol. The zero-order valence-electron chi connectivity index (χ0n) is 39.2. The monoisotopic (exact) mass is 830 g/mol. The van der Waals surface area contributed by atoms with Crippen LogP contribution in [0.4, 0.5) is 0 Å². The van der Waals surface area contributed by atoms with Crippen LogP contribution >= 0.6 is 0 Å². The molecule has 0 saturated heterocycles. The molecule has 2 atom stereocenters. The summed E-state index contributed by atoms with van der Waals surface area (Å²) in [4.78, 5) is 24.4. The number of amides is 1. The van der Waals surface area contributed by atoms with Gasteiger partial charge in [0.05, 0.1) is 25.4 Å². The maximum atomic E-state index is 12.4. The summed E-state index contributed by atoms with van der Waals surface area (Å²) in [6.07, 6.45) is 58.5. The van der Waals surface area contributed by atoms with Crippen LogP contribution in [0.1, 0.15) is 264 Å². The van der Waals surface area contributed by atoms with Gasteiger partial charge >= 0.3 is 5.97 Å². The SMILES string of the molecule is CCCCCC/C=C\C/C=C\CCCCCCCCCC(=O)OCCCCCCCCCCCCCCCC(=O)NC(CO)C(O)/C=C/CCCCCCCCCCC. The van der Waals surface area contributed by atoms with Gasteiger partial charge in [-0.15, -0.1) is 0 Å². The molecule has 0 rings (SSSR count). The number of allylic oxidation sites excluding steroid dienone is 5. The Hall–Kier alpha value is -1.92. The first-order chi connectivity index (χ1) is 29.0. The topological polar surface area (TPSA) is 95.9 Å². The highest BCUT2D eigenvalue weighted by Gasteiger charge is 2.18. The number of unbranched alkanes of at least 4 members (excludes halogenated alkanes) is 32. The van der Waals surface area contributed by atoms with Gasteiger partial charge in [-0.1, -0.05) is 224 Å². The highest BCUT2D eigenvalue weighted by molar-refractivity contribution is 5.76. The van der Waals surface area contributed by atoms with Crippen LogP contribution in [-0.4, -0.2) is 47.4 Å². The average molecular weight is 830 g/mol. The van der Waals surface area contributed by atoms with Crippen LogP contribution in [0.3, 0.4) is 0 Å². The fraction of sp³-hybridized carbons (Fsp3) is 0.849. The van der Waals surface area contributed by atoms with Gasteiger partial charge in [0.1, 0.15) is 0 Å². The zero-order chi connectivity index (χ0) is 43.0. The molecule has 346 valence electrons. The van der Waals surface area contributed by atoms with E-state index in [1.165, 1.54) is 173 Å². The van der Waals surface area contributed by atoms with Gasteiger partial charge in [-0.3, -0.25) is 9.59 Å². The van der Waals surface area contributed by atoms with E-state index in [2.05, 4.69) is 43.5 Å². The maximum Gasteiger partial charge on any atom is 0.305 e. The van der Waals surface area contributed by atoms with Crippen molar-refractivity contribution in [1.29, 1.82) is 0 Å². The standard InChI is InChI=1S/C53H99NO5/c1-3-5-7-9-11-13-15-16-17-18-19-20-23-27-31-35-39-43-47-53(58)59-48-44-40-36-32-28-24-21-22-26-30-34-38-42-46-52(57)54-50(49-55)51(56)45-41-37-33-29-25-14-12-10-8-6-4-2/h13,15,17-18,41,45,50-51,55-56H,3-12,14,16,19-40,42-44,46-49H2,1-2H3,(H,54,57)/b15-13-,18-17-,45-41+. The molecule has 0 heterocycles. The third kappa shape index (κ3) is 45.4. The molecule has 0 aliphatic carbocycles. The number of carbonyl (C=O) groups excluding carboxylic acids is 2. The fourth-order valence-corrected chi connectivity index (χ4v) is 7.66. The fourth-order valence-electron chi connectivity index (χ4n) is 7.66. The Morgan fingerprint density at radius 3 is 1.31 bits per heavy atom. The first kappa shape index (κ1) is 57.1. The number of hydrogen-bond donors (Lipinski definition) is 3. The van der Waals surface area contributed by atoms with Crippen LogP contribution in [0.25, 0.3) is 0 Å². The summed E-state index contributed by atoms with van der Waals surface area (Å²) >= 11 is 0. The molecule has 6 heteroatoms. The molecule has 0 aromatic carbocycles. The number of carbonyl (C=O) groups is 2. The first-order valence-corrected chi connectivity index (χ1v) is 25.8. The van der Waals surface area contributed by atoms with E-state index in [0.717, 1.165) is 64.2 Å². The maximum absolute atomic E-state index is 12.4. The van der Waals surface area contributed by atoms with E-state index >= 15 is 0 Å². The minimum Gasteiger partial charge on any atom is -0.466 e. The molecule has 1 amide bonds. The quantitative estimate of drug-likeness (QED) is 0.0323. The van der Waals surface area contributed by atoms with Gasteiger partial charge in [-0.05, 0) is 64.2 Å². The van der Waals surface area contributed by atoms with Gasteiger partial charge in [0.15, 0.2) is 0 Å². The number of aliphatic hydroxyl groups is 2. The largest absolute Gasteiger partial charge is 0.466 e. The third-order valence-corrected chi connectivity index (χ3v) is 11.7. The van der Waals surface area contributed by atoms with Crippen molar-refractivity contribution in [3.63, 3.8) is 0 Å². The Morgan fingerprint density at radius 1 is 0.475 bits per heavy atom. The summed E-state index contributed by atoms with van der Waals surface area (Å²) in [5, 5.41) is 23.0. The third-order valence-electron chi connectivity index (χ3n) is 11.7. The summed E-state index contributed by atoms with van der Waals surface area (Å²) in [6, 6.07) is -0.637. The lowest BCUT2D eigenvalue weighted by atomic mass is 10.0. The molecule has 0 aromatic heterocycles. The summed E-state index contributed by atoms with van der Waals surface area (Å²) < 4.78 is 5.47. The second-order valence-electron chi connectivity index (χ2n) is 17.5. The molecule has 0 spiro atoms. The number of esters is 1. The van der Waals surface area contributed by atoms with Crippen LogP contribution in [0.5, 0.6) is 0 Å². The average Bonchev–Trinajstić information content (AvgIpc) is 3.24. The number of aliphatic hydroxyl groups excluding tert-OH is 2. The van der Waals surface area contributed by atoms with E-state index in [1.807, 2.05) is 6.08 Å².